The molecule has 2 rings (SSSR count). The molecule has 0 saturated carbocycles. The Morgan fingerprint density at radius 3 is 2.80 bits per heavy atom. The third-order valence-corrected chi connectivity index (χ3v) is 3.11. The average molecular weight is 266 g/mol. The van der Waals surface area contributed by atoms with Gasteiger partial charge in [0.25, 0.3) is 0 Å². The molecule has 15 heavy (non-hydrogen) atoms. The summed E-state index contributed by atoms with van der Waals surface area (Å²) < 4.78 is 0. The lowest BCUT2D eigenvalue weighted by molar-refractivity contribution is 0.949. The number of nitrogens with zero attached hydrogens (tertiary/aromatic N) is 1. The maximum absolute atomic E-state index is 3.39. The van der Waals surface area contributed by atoms with Crippen LogP contribution in [-0.2, 0) is 0 Å². The van der Waals surface area contributed by atoms with Crippen LogP contribution in [0.25, 0.3) is 6.08 Å². The summed E-state index contributed by atoms with van der Waals surface area (Å²) in [5.41, 5.74) is 2.66. The summed E-state index contributed by atoms with van der Waals surface area (Å²) in [6, 6.07) is 8.77. The number of rotatable bonds is 3. The Labute approximate surface area is 99.9 Å². The predicted molar refractivity (Wildman–Crippen MR) is 70.7 cm³/mol. The quantitative estimate of drug-likeness (QED) is 0.754. The molecule has 0 unspecified atom stereocenters. The van der Waals surface area contributed by atoms with Gasteiger partial charge >= 0.3 is 0 Å². The van der Waals surface area contributed by atoms with Crippen LogP contribution >= 0.6 is 15.9 Å². The molecule has 2 heteroatoms. The number of benzene rings is 1. The summed E-state index contributed by atoms with van der Waals surface area (Å²) >= 11 is 3.39. The van der Waals surface area contributed by atoms with Gasteiger partial charge in [0.2, 0.25) is 0 Å². The Hall–Kier alpha value is -0.760. The lowest BCUT2D eigenvalue weighted by Gasteiger charge is -2.17. The maximum Gasteiger partial charge on any atom is 0.0372 e. The van der Waals surface area contributed by atoms with Crippen molar-refractivity contribution >= 4 is 27.7 Å². The van der Waals surface area contributed by atoms with Gasteiger partial charge in [0.05, 0.1) is 0 Å². The molecule has 1 aliphatic heterocycles. The first-order valence-corrected chi connectivity index (χ1v) is 6.60. The smallest absolute Gasteiger partial charge is 0.0372 e. The van der Waals surface area contributed by atoms with E-state index in [0.29, 0.717) is 0 Å². The number of anilines is 1. The summed E-state index contributed by atoms with van der Waals surface area (Å²) in [5, 5.41) is 0.918. The van der Waals surface area contributed by atoms with E-state index in [4.69, 9.17) is 0 Å². The minimum atomic E-state index is 0.918. The second-order valence-electron chi connectivity index (χ2n) is 3.85. The SMILES string of the molecule is BrCC=Cc1cccc(N2CCCC2)c1. The molecule has 1 saturated heterocycles. The van der Waals surface area contributed by atoms with Gasteiger partial charge in [-0.3, -0.25) is 0 Å². The van der Waals surface area contributed by atoms with Crippen LogP contribution in [-0.4, -0.2) is 18.4 Å². The third-order valence-electron chi connectivity index (χ3n) is 2.74. The van der Waals surface area contributed by atoms with Crippen molar-refractivity contribution in [2.24, 2.45) is 0 Å². The fourth-order valence-corrected chi connectivity index (χ4v) is 2.17. The van der Waals surface area contributed by atoms with Crippen molar-refractivity contribution in [1.82, 2.24) is 0 Å². The van der Waals surface area contributed by atoms with Gasteiger partial charge in [-0.15, -0.1) is 0 Å². The molecule has 1 aromatic rings. The average Bonchev–Trinajstić information content (AvgIpc) is 2.80. The van der Waals surface area contributed by atoms with E-state index in [1.54, 1.807) is 0 Å². The largest absolute Gasteiger partial charge is 0.372 e. The van der Waals surface area contributed by atoms with Crippen molar-refractivity contribution in [3.63, 3.8) is 0 Å². The van der Waals surface area contributed by atoms with Crippen LogP contribution in [0.1, 0.15) is 18.4 Å². The molecule has 0 aliphatic carbocycles. The van der Waals surface area contributed by atoms with E-state index in [0.717, 1.165) is 5.33 Å². The highest BCUT2D eigenvalue weighted by atomic mass is 79.9. The molecule has 0 N–H and O–H groups in total. The zero-order chi connectivity index (χ0) is 10.5. The van der Waals surface area contributed by atoms with Crippen molar-refractivity contribution in [2.75, 3.05) is 23.3 Å². The van der Waals surface area contributed by atoms with Gasteiger partial charge in [-0.1, -0.05) is 40.2 Å². The molecule has 80 valence electrons. The number of hydrogen-bond donors (Lipinski definition) is 0. The van der Waals surface area contributed by atoms with Crippen LogP contribution < -0.4 is 4.90 Å². The van der Waals surface area contributed by atoms with E-state index in [9.17, 15) is 0 Å². The maximum atomic E-state index is 3.39. The molecule has 0 amide bonds. The van der Waals surface area contributed by atoms with Crippen molar-refractivity contribution in [3.05, 3.63) is 35.9 Å². The number of halogens is 1. The van der Waals surface area contributed by atoms with Crippen molar-refractivity contribution < 1.29 is 0 Å². The van der Waals surface area contributed by atoms with E-state index >= 15 is 0 Å². The van der Waals surface area contributed by atoms with Crippen molar-refractivity contribution in [2.45, 2.75) is 12.8 Å². The minimum absolute atomic E-state index is 0.918. The molecular formula is C13H16BrN. The van der Waals surface area contributed by atoms with E-state index in [-0.39, 0.29) is 0 Å². The summed E-state index contributed by atoms with van der Waals surface area (Å²) in [6.45, 7) is 2.43. The van der Waals surface area contributed by atoms with Crippen molar-refractivity contribution in [1.29, 1.82) is 0 Å². The molecule has 0 bridgehead atoms. The Bertz CT molecular complexity index is 340. The van der Waals surface area contributed by atoms with E-state index in [1.165, 1.54) is 37.2 Å². The summed E-state index contributed by atoms with van der Waals surface area (Å²) in [6.07, 6.45) is 6.96. The predicted octanol–water partition coefficient (Wildman–Crippen LogP) is 3.69. The topological polar surface area (TPSA) is 3.24 Å². The lowest BCUT2D eigenvalue weighted by Crippen LogP contribution is -2.17. The van der Waals surface area contributed by atoms with Gasteiger partial charge in [0, 0.05) is 24.1 Å². The zero-order valence-electron chi connectivity index (χ0n) is 8.82. The summed E-state index contributed by atoms with van der Waals surface area (Å²) in [7, 11) is 0. The van der Waals surface area contributed by atoms with Gasteiger partial charge in [0.15, 0.2) is 0 Å². The molecular weight excluding hydrogens is 250 g/mol. The second kappa shape index (κ2) is 5.36. The Balaban J connectivity index is 2.14. The molecule has 1 aromatic carbocycles. The van der Waals surface area contributed by atoms with Crippen LogP contribution in [0.4, 0.5) is 5.69 Å². The molecule has 1 aliphatic rings. The molecule has 0 aromatic heterocycles. The van der Waals surface area contributed by atoms with Crippen LogP contribution in [0.5, 0.6) is 0 Å². The number of alkyl halides is 1. The lowest BCUT2D eigenvalue weighted by atomic mass is 10.2. The minimum Gasteiger partial charge on any atom is -0.372 e. The highest BCUT2D eigenvalue weighted by molar-refractivity contribution is 9.09. The Morgan fingerprint density at radius 1 is 1.27 bits per heavy atom. The standard InChI is InChI=1S/C13H16BrN/c14-8-4-6-12-5-3-7-13(11-12)15-9-1-2-10-15/h3-7,11H,1-2,8-10H2. The molecule has 1 heterocycles. The van der Waals surface area contributed by atoms with Gasteiger partial charge < -0.3 is 4.90 Å². The monoisotopic (exact) mass is 265 g/mol. The highest BCUT2D eigenvalue weighted by Gasteiger charge is 2.11. The summed E-state index contributed by atoms with van der Waals surface area (Å²) in [4.78, 5) is 2.46. The van der Waals surface area contributed by atoms with Crippen LogP contribution in [0.2, 0.25) is 0 Å². The first-order chi connectivity index (χ1) is 7.40. The third kappa shape index (κ3) is 2.85. The summed E-state index contributed by atoms with van der Waals surface area (Å²) in [5.74, 6) is 0. The van der Waals surface area contributed by atoms with Gasteiger partial charge in [-0.2, -0.15) is 0 Å². The van der Waals surface area contributed by atoms with Gasteiger partial charge in [0.1, 0.15) is 0 Å². The van der Waals surface area contributed by atoms with Crippen LogP contribution in [0.15, 0.2) is 30.3 Å². The number of allylic oxidation sites excluding steroid dienone is 1. The molecule has 0 spiro atoms. The molecule has 1 fully saturated rings. The first-order valence-electron chi connectivity index (χ1n) is 5.47. The molecule has 1 nitrogen and oxygen atoms in total. The second-order valence-corrected chi connectivity index (χ2v) is 4.49. The fraction of sp³-hybridized carbons (Fsp3) is 0.385. The van der Waals surface area contributed by atoms with Crippen LogP contribution in [0.3, 0.4) is 0 Å². The Kier molecular flexibility index (Phi) is 3.84. The van der Waals surface area contributed by atoms with Gasteiger partial charge in [-0.25, -0.2) is 0 Å². The first kappa shape index (κ1) is 10.7. The van der Waals surface area contributed by atoms with Crippen LogP contribution in [0, 0.1) is 0 Å². The molecule has 0 radical (unpaired) electrons. The van der Waals surface area contributed by atoms with E-state index < -0.39 is 0 Å². The Morgan fingerprint density at radius 2 is 2.07 bits per heavy atom. The normalized spacial score (nSPS) is 16.5. The number of hydrogen-bond acceptors (Lipinski definition) is 1. The van der Waals surface area contributed by atoms with Crippen molar-refractivity contribution in [3.8, 4) is 0 Å². The van der Waals surface area contributed by atoms with E-state index in [1.807, 2.05) is 0 Å². The highest BCUT2D eigenvalue weighted by Crippen LogP contribution is 2.21. The fourth-order valence-electron chi connectivity index (χ4n) is 1.98. The van der Waals surface area contributed by atoms with Gasteiger partial charge in [-0.05, 0) is 30.5 Å². The zero-order valence-corrected chi connectivity index (χ0v) is 10.4. The van der Waals surface area contributed by atoms with E-state index in [2.05, 4.69) is 57.2 Å². The molecule has 0 atom stereocenters.